The van der Waals surface area contributed by atoms with Crippen LogP contribution in [0.5, 0.6) is 0 Å². The molecule has 2 nitrogen and oxygen atoms in total. The molecule has 0 amide bonds. The molecule has 2 heteroatoms. The molecule has 3 aromatic carbocycles. The number of rotatable bonds is 3. The van der Waals surface area contributed by atoms with Crippen molar-refractivity contribution < 1.29 is 9.36 Å². The Bertz CT molecular complexity index is 1060. The van der Waals surface area contributed by atoms with Gasteiger partial charge >= 0.3 is 0 Å². The van der Waals surface area contributed by atoms with Crippen LogP contribution < -0.4 is 4.57 Å². The summed E-state index contributed by atoms with van der Waals surface area (Å²) in [5, 5.41) is 3.30. The van der Waals surface area contributed by atoms with Gasteiger partial charge in [0.15, 0.2) is 6.20 Å². The SMILES string of the molecule is Cc1cc[n+](CC(=O)c2cccc3ccccc23)c2ccccc12. The molecule has 24 heavy (non-hydrogen) atoms. The second kappa shape index (κ2) is 5.89. The number of Topliss-reactive ketones (excluding diaryl/α,β-unsaturated/α-hetero) is 1. The van der Waals surface area contributed by atoms with Crippen molar-refractivity contribution in [2.45, 2.75) is 13.5 Å². The predicted molar refractivity (Wildman–Crippen MR) is 97.2 cm³/mol. The lowest BCUT2D eigenvalue weighted by molar-refractivity contribution is -0.657. The second-order valence-electron chi connectivity index (χ2n) is 6.09. The number of fused-ring (bicyclic) bond motifs is 2. The van der Waals surface area contributed by atoms with Gasteiger partial charge in [-0.2, -0.15) is 4.57 Å². The van der Waals surface area contributed by atoms with E-state index in [9.17, 15) is 4.79 Å². The highest BCUT2D eigenvalue weighted by Crippen LogP contribution is 2.19. The Morgan fingerprint density at radius 3 is 2.42 bits per heavy atom. The van der Waals surface area contributed by atoms with Crippen LogP contribution in [-0.2, 0) is 6.54 Å². The Kier molecular flexibility index (Phi) is 3.58. The molecule has 0 fully saturated rings. The van der Waals surface area contributed by atoms with Crippen LogP contribution in [0.4, 0.5) is 0 Å². The van der Waals surface area contributed by atoms with Crippen molar-refractivity contribution >= 4 is 27.5 Å². The van der Waals surface area contributed by atoms with Gasteiger partial charge < -0.3 is 0 Å². The molecule has 0 radical (unpaired) electrons. The molecule has 116 valence electrons. The first-order valence-corrected chi connectivity index (χ1v) is 8.13. The molecule has 0 bridgehead atoms. The smallest absolute Gasteiger partial charge is 0.228 e. The number of hydrogen-bond donors (Lipinski definition) is 0. The minimum atomic E-state index is 0.130. The van der Waals surface area contributed by atoms with E-state index in [0.29, 0.717) is 6.54 Å². The molecule has 0 saturated heterocycles. The van der Waals surface area contributed by atoms with Crippen molar-refractivity contribution in [1.29, 1.82) is 0 Å². The molecular formula is C22H18NO+. The van der Waals surface area contributed by atoms with Crippen LogP contribution in [-0.4, -0.2) is 5.78 Å². The lowest BCUT2D eigenvalue weighted by Crippen LogP contribution is -2.38. The molecule has 0 spiro atoms. The lowest BCUT2D eigenvalue weighted by Gasteiger charge is -2.06. The third-order valence-electron chi connectivity index (χ3n) is 4.55. The molecule has 0 saturated carbocycles. The van der Waals surface area contributed by atoms with E-state index in [1.165, 1.54) is 10.9 Å². The quantitative estimate of drug-likeness (QED) is 0.404. The highest BCUT2D eigenvalue weighted by molar-refractivity contribution is 6.07. The third-order valence-corrected chi connectivity index (χ3v) is 4.55. The number of benzene rings is 3. The topological polar surface area (TPSA) is 20.9 Å². The summed E-state index contributed by atoms with van der Waals surface area (Å²) in [7, 11) is 0. The van der Waals surface area contributed by atoms with Crippen LogP contribution in [0.25, 0.3) is 21.7 Å². The van der Waals surface area contributed by atoms with Gasteiger partial charge in [0.1, 0.15) is 0 Å². The molecule has 1 heterocycles. The third kappa shape index (κ3) is 2.46. The van der Waals surface area contributed by atoms with Gasteiger partial charge in [0.2, 0.25) is 17.8 Å². The fourth-order valence-electron chi connectivity index (χ4n) is 3.28. The van der Waals surface area contributed by atoms with Crippen molar-refractivity contribution in [1.82, 2.24) is 0 Å². The zero-order valence-corrected chi connectivity index (χ0v) is 13.6. The lowest BCUT2D eigenvalue weighted by atomic mass is 10.0. The van der Waals surface area contributed by atoms with Gasteiger partial charge in [-0.25, -0.2) is 0 Å². The Hall–Kier alpha value is -3.00. The fraction of sp³-hybridized carbons (Fsp3) is 0.0909. The molecule has 4 aromatic rings. The molecule has 4 rings (SSSR count). The van der Waals surface area contributed by atoms with Crippen LogP contribution in [0, 0.1) is 6.92 Å². The van der Waals surface area contributed by atoms with Crippen LogP contribution in [0.1, 0.15) is 15.9 Å². The summed E-state index contributed by atoms with van der Waals surface area (Å²) in [5.74, 6) is 0.130. The van der Waals surface area contributed by atoms with Gasteiger partial charge in [-0.05, 0) is 29.3 Å². The zero-order valence-electron chi connectivity index (χ0n) is 13.6. The van der Waals surface area contributed by atoms with E-state index in [4.69, 9.17) is 0 Å². The average molecular weight is 312 g/mol. The summed E-state index contributed by atoms with van der Waals surface area (Å²) in [6.07, 6.45) is 2.00. The van der Waals surface area contributed by atoms with Gasteiger partial charge in [0.25, 0.3) is 0 Å². The maximum Gasteiger partial charge on any atom is 0.228 e. The number of carbonyl (C=O) groups excluding carboxylic acids is 1. The molecular weight excluding hydrogens is 294 g/mol. The first kappa shape index (κ1) is 14.6. The van der Waals surface area contributed by atoms with Gasteiger partial charge in [-0.3, -0.25) is 4.79 Å². The Morgan fingerprint density at radius 1 is 0.833 bits per heavy atom. The second-order valence-corrected chi connectivity index (χ2v) is 6.09. The molecule has 0 aliphatic heterocycles. The monoisotopic (exact) mass is 312 g/mol. The summed E-state index contributed by atoms with van der Waals surface area (Å²) in [6, 6.07) is 24.2. The first-order chi connectivity index (χ1) is 11.7. The van der Waals surface area contributed by atoms with Gasteiger partial charge in [0.05, 0.1) is 0 Å². The van der Waals surface area contributed by atoms with E-state index < -0.39 is 0 Å². The Labute approximate surface area is 141 Å². The number of aromatic nitrogens is 1. The number of pyridine rings is 1. The largest absolute Gasteiger partial charge is 0.287 e. The van der Waals surface area contributed by atoms with Crippen molar-refractivity contribution in [2.75, 3.05) is 0 Å². The molecule has 0 atom stereocenters. The fourth-order valence-corrected chi connectivity index (χ4v) is 3.28. The summed E-state index contributed by atoms with van der Waals surface area (Å²) >= 11 is 0. The van der Waals surface area contributed by atoms with Crippen LogP contribution >= 0.6 is 0 Å². The van der Waals surface area contributed by atoms with E-state index in [1.807, 2.05) is 65.4 Å². The summed E-state index contributed by atoms with van der Waals surface area (Å²) in [4.78, 5) is 12.9. The predicted octanol–water partition coefficient (Wildman–Crippen LogP) is 4.47. The van der Waals surface area contributed by atoms with Crippen molar-refractivity contribution in [2.24, 2.45) is 0 Å². The van der Waals surface area contributed by atoms with E-state index in [-0.39, 0.29) is 5.78 Å². The van der Waals surface area contributed by atoms with Gasteiger partial charge in [-0.1, -0.05) is 54.6 Å². The number of carbonyl (C=O) groups is 1. The number of nitrogens with zero attached hydrogens (tertiary/aromatic N) is 1. The van der Waals surface area contributed by atoms with E-state index >= 15 is 0 Å². The molecule has 0 N–H and O–H groups in total. The minimum Gasteiger partial charge on any atom is -0.287 e. The number of ketones is 1. The van der Waals surface area contributed by atoms with Crippen LogP contribution in [0.2, 0.25) is 0 Å². The first-order valence-electron chi connectivity index (χ1n) is 8.13. The maximum atomic E-state index is 12.9. The highest BCUT2D eigenvalue weighted by Gasteiger charge is 2.17. The number of hydrogen-bond acceptors (Lipinski definition) is 1. The van der Waals surface area contributed by atoms with Crippen LogP contribution in [0.15, 0.2) is 79.0 Å². The average Bonchev–Trinajstić information content (AvgIpc) is 2.64. The van der Waals surface area contributed by atoms with Gasteiger partial charge in [-0.15, -0.1) is 0 Å². The maximum absolute atomic E-state index is 12.9. The number of aryl methyl sites for hydroxylation is 1. The standard InChI is InChI=1S/C22H18NO/c1-16-13-14-23(21-12-5-4-9-18(16)21)15-22(24)20-11-6-8-17-7-2-3-10-19(17)20/h2-14H,15H2,1H3/q+1. The van der Waals surface area contributed by atoms with E-state index in [1.54, 1.807) is 0 Å². The van der Waals surface area contributed by atoms with E-state index in [0.717, 1.165) is 21.9 Å². The molecule has 1 aromatic heterocycles. The molecule has 0 aliphatic rings. The zero-order chi connectivity index (χ0) is 16.5. The Balaban J connectivity index is 1.78. The van der Waals surface area contributed by atoms with Gasteiger partial charge in [0, 0.05) is 23.1 Å². The molecule has 0 aliphatic carbocycles. The van der Waals surface area contributed by atoms with Crippen molar-refractivity contribution in [3.05, 3.63) is 90.1 Å². The Morgan fingerprint density at radius 2 is 1.54 bits per heavy atom. The highest BCUT2D eigenvalue weighted by atomic mass is 16.1. The number of para-hydroxylation sites is 1. The minimum absolute atomic E-state index is 0.130. The van der Waals surface area contributed by atoms with Crippen molar-refractivity contribution in [3.8, 4) is 0 Å². The molecule has 0 unspecified atom stereocenters. The summed E-state index contributed by atoms with van der Waals surface area (Å²) in [6.45, 7) is 2.44. The normalized spacial score (nSPS) is 11.0. The van der Waals surface area contributed by atoms with E-state index in [2.05, 4.69) is 25.1 Å². The summed E-state index contributed by atoms with van der Waals surface area (Å²) in [5.41, 5.74) is 3.09. The van der Waals surface area contributed by atoms with Crippen molar-refractivity contribution in [3.63, 3.8) is 0 Å². The summed E-state index contributed by atoms with van der Waals surface area (Å²) < 4.78 is 2.03. The van der Waals surface area contributed by atoms with Crippen LogP contribution in [0.3, 0.4) is 0 Å².